The highest BCUT2D eigenvalue weighted by Crippen LogP contribution is 2.28. The number of nitrogens with zero attached hydrogens (tertiary/aromatic N) is 1. The van der Waals surface area contributed by atoms with E-state index in [4.69, 9.17) is 9.47 Å². The molecule has 2 N–H and O–H groups in total. The van der Waals surface area contributed by atoms with Gasteiger partial charge >= 0.3 is 0 Å². The number of hydrogen-bond acceptors (Lipinski definition) is 6. The third-order valence-corrected chi connectivity index (χ3v) is 4.41. The first kappa shape index (κ1) is 21.3. The van der Waals surface area contributed by atoms with Gasteiger partial charge in [-0.05, 0) is 54.6 Å². The van der Waals surface area contributed by atoms with Crippen LogP contribution in [0.1, 0.15) is 20.7 Å². The Morgan fingerprint density at radius 3 is 1.61 bits per heavy atom. The average Bonchev–Trinajstić information content (AvgIpc) is 2.80. The van der Waals surface area contributed by atoms with Crippen molar-refractivity contribution in [2.75, 3.05) is 24.9 Å². The molecule has 2 amide bonds. The van der Waals surface area contributed by atoms with Crippen LogP contribution in [-0.4, -0.2) is 31.0 Å². The molecule has 0 aromatic heterocycles. The van der Waals surface area contributed by atoms with Gasteiger partial charge in [0.25, 0.3) is 17.5 Å². The summed E-state index contributed by atoms with van der Waals surface area (Å²) in [5, 5.41) is 16.5. The molecule has 0 saturated heterocycles. The van der Waals surface area contributed by atoms with Gasteiger partial charge in [0.05, 0.1) is 30.5 Å². The largest absolute Gasteiger partial charge is 0.497 e. The van der Waals surface area contributed by atoms with Crippen LogP contribution in [0.4, 0.5) is 17.1 Å². The zero-order valence-corrected chi connectivity index (χ0v) is 16.7. The number of hydrogen-bond donors (Lipinski definition) is 2. The van der Waals surface area contributed by atoms with E-state index in [0.717, 1.165) is 0 Å². The molecule has 0 aliphatic rings. The normalized spacial score (nSPS) is 10.1. The van der Waals surface area contributed by atoms with Gasteiger partial charge in [0.1, 0.15) is 11.5 Å². The molecule has 0 radical (unpaired) electrons. The van der Waals surface area contributed by atoms with Crippen LogP contribution < -0.4 is 20.1 Å². The lowest BCUT2D eigenvalue weighted by Gasteiger charge is -2.13. The monoisotopic (exact) mass is 421 g/mol. The zero-order valence-electron chi connectivity index (χ0n) is 16.7. The molecule has 9 heteroatoms. The van der Waals surface area contributed by atoms with E-state index in [-0.39, 0.29) is 17.1 Å². The van der Waals surface area contributed by atoms with Crippen molar-refractivity contribution < 1.29 is 24.0 Å². The SMILES string of the molecule is COc1ccc(C(=O)Nc2ccc([N+](=O)[O-])cc2NC(=O)c2ccc(OC)cc2)cc1. The lowest BCUT2D eigenvalue weighted by molar-refractivity contribution is -0.384. The van der Waals surface area contributed by atoms with Gasteiger partial charge in [-0.25, -0.2) is 0 Å². The van der Waals surface area contributed by atoms with E-state index >= 15 is 0 Å². The molecular weight excluding hydrogens is 402 g/mol. The number of nitro benzene ring substituents is 1. The Morgan fingerprint density at radius 1 is 0.742 bits per heavy atom. The first-order valence-corrected chi connectivity index (χ1v) is 9.10. The van der Waals surface area contributed by atoms with Crippen molar-refractivity contribution in [1.29, 1.82) is 0 Å². The molecule has 0 saturated carbocycles. The minimum atomic E-state index is -0.585. The van der Waals surface area contributed by atoms with Gasteiger partial charge in [-0.3, -0.25) is 19.7 Å². The predicted molar refractivity (Wildman–Crippen MR) is 115 cm³/mol. The summed E-state index contributed by atoms with van der Waals surface area (Å²) in [6, 6.07) is 16.6. The Labute approximate surface area is 177 Å². The van der Waals surface area contributed by atoms with Gasteiger partial charge in [0, 0.05) is 23.3 Å². The molecule has 0 spiro atoms. The molecular formula is C22H19N3O6. The molecule has 0 atom stereocenters. The summed E-state index contributed by atoms with van der Waals surface area (Å²) in [6.45, 7) is 0. The van der Waals surface area contributed by atoms with Crippen LogP contribution in [0.2, 0.25) is 0 Å². The first-order chi connectivity index (χ1) is 14.9. The first-order valence-electron chi connectivity index (χ1n) is 9.10. The fourth-order valence-electron chi connectivity index (χ4n) is 2.73. The maximum atomic E-state index is 12.6. The van der Waals surface area contributed by atoms with Gasteiger partial charge in [-0.2, -0.15) is 0 Å². The maximum absolute atomic E-state index is 12.6. The van der Waals surface area contributed by atoms with E-state index in [0.29, 0.717) is 22.6 Å². The number of amides is 2. The number of carbonyl (C=O) groups is 2. The fraction of sp³-hybridized carbons (Fsp3) is 0.0909. The van der Waals surface area contributed by atoms with E-state index in [2.05, 4.69) is 10.6 Å². The van der Waals surface area contributed by atoms with E-state index in [1.807, 2.05) is 0 Å². The van der Waals surface area contributed by atoms with Crippen molar-refractivity contribution in [3.63, 3.8) is 0 Å². The number of methoxy groups -OCH3 is 2. The Balaban J connectivity index is 1.86. The third kappa shape index (κ3) is 5.15. The van der Waals surface area contributed by atoms with Gasteiger partial charge in [-0.1, -0.05) is 0 Å². The molecule has 3 rings (SSSR count). The van der Waals surface area contributed by atoms with Crippen molar-refractivity contribution >= 4 is 28.9 Å². The van der Waals surface area contributed by atoms with E-state index in [9.17, 15) is 19.7 Å². The summed E-state index contributed by atoms with van der Waals surface area (Å²) in [4.78, 5) is 35.8. The second-order valence-corrected chi connectivity index (χ2v) is 6.35. The highest BCUT2D eigenvalue weighted by Gasteiger charge is 2.17. The minimum Gasteiger partial charge on any atom is -0.497 e. The van der Waals surface area contributed by atoms with Crippen molar-refractivity contribution in [2.45, 2.75) is 0 Å². The maximum Gasteiger partial charge on any atom is 0.271 e. The van der Waals surface area contributed by atoms with Crippen molar-refractivity contribution in [3.05, 3.63) is 88.0 Å². The molecule has 9 nitrogen and oxygen atoms in total. The quantitative estimate of drug-likeness (QED) is 0.437. The fourth-order valence-corrected chi connectivity index (χ4v) is 2.73. The highest BCUT2D eigenvalue weighted by molar-refractivity contribution is 6.10. The number of ether oxygens (including phenoxy) is 2. The minimum absolute atomic E-state index is 0.0943. The summed E-state index contributed by atoms with van der Waals surface area (Å²) < 4.78 is 10.1. The Kier molecular flexibility index (Phi) is 6.46. The number of nitro groups is 1. The molecule has 3 aromatic rings. The summed E-state index contributed by atoms with van der Waals surface area (Å²) in [7, 11) is 3.03. The summed E-state index contributed by atoms with van der Waals surface area (Å²) in [5.41, 5.74) is 0.754. The Morgan fingerprint density at radius 2 is 1.19 bits per heavy atom. The molecule has 0 aliphatic heterocycles. The third-order valence-electron chi connectivity index (χ3n) is 4.41. The van der Waals surface area contributed by atoms with Gasteiger partial charge in [-0.15, -0.1) is 0 Å². The molecule has 0 bridgehead atoms. The van der Waals surface area contributed by atoms with E-state index < -0.39 is 16.7 Å². The average molecular weight is 421 g/mol. The van der Waals surface area contributed by atoms with Crippen LogP contribution >= 0.6 is 0 Å². The van der Waals surface area contributed by atoms with Gasteiger partial charge < -0.3 is 20.1 Å². The highest BCUT2D eigenvalue weighted by atomic mass is 16.6. The molecule has 0 unspecified atom stereocenters. The molecule has 0 fully saturated rings. The van der Waals surface area contributed by atoms with Crippen LogP contribution in [0.15, 0.2) is 66.7 Å². The van der Waals surface area contributed by atoms with Crippen LogP contribution in [0.3, 0.4) is 0 Å². The second-order valence-electron chi connectivity index (χ2n) is 6.35. The topological polar surface area (TPSA) is 120 Å². The number of benzene rings is 3. The van der Waals surface area contributed by atoms with Crippen molar-refractivity contribution in [3.8, 4) is 11.5 Å². The van der Waals surface area contributed by atoms with E-state index in [1.165, 1.54) is 32.4 Å². The molecule has 31 heavy (non-hydrogen) atoms. The van der Waals surface area contributed by atoms with Gasteiger partial charge in [0.2, 0.25) is 0 Å². The van der Waals surface area contributed by atoms with Gasteiger partial charge in [0.15, 0.2) is 0 Å². The number of rotatable bonds is 7. The smallest absolute Gasteiger partial charge is 0.271 e. The second kappa shape index (κ2) is 9.40. The lowest BCUT2D eigenvalue weighted by atomic mass is 10.1. The van der Waals surface area contributed by atoms with Crippen LogP contribution in [-0.2, 0) is 0 Å². The van der Waals surface area contributed by atoms with Crippen molar-refractivity contribution in [1.82, 2.24) is 0 Å². The molecule has 0 aliphatic carbocycles. The number of nitrogens with one attached hydrogen (secondary N) is 2. The van der Waals surface area contributed by atoms with Crippen LogP contribution in [0.5, 0.6) is 11.5 Å². The number of anilines is 2. The van der Waals surface area contributed by atoms with E-state index in [1.54, 1.807) is 48.5 Å². The number of carbonyl (C=O) groups excluding carboxylic acids is 2. The van der Waals surface area contributed by atoms with Crippen molar-refractivity contribution in [2.24, 2.45) is 0 Å². The Hall–Kier alpha value is -4.40. The zero-order chi connectivity index (χ0) is 22.4. The summed E-state index contributed by atoms with van der Waals surface area (Å²) in [6.07, 6.45) is 0. The predicted octanol–water partition coefficient (Wildman–Crippen LogP) is 4.12. The standard InChI is InChI=1S/C22H19N3O6/c1-30-17-8-3-14(4-9-17)21(26)23-19-12-7-16(25(28)29)13-20(19)24-22(27)15-5-10-18(31-2)11-6-15/h3-13H,1-2H3,(H,23,26)(H,24,27). The molecule has 158 valence electrons. The molecule has 3 aromatic carbocycles. The summed E-state index contributed by atoms with van der Waals surface area (Å²) >= 11 is 0. The van der Waals surface area contributed by atoms with Crippen LogP contribution in [0.25, 0.3) is 0 Å². The number of non-ortho nitro benzene ring substituents is 1. The Bertz CT molecular complexity index is 1110. The molecule has 0 heterocycles. The summed E-state index contributed by atoms with van der Waals surface area (Å²) in [5.74, 6) is 0.234. The lowest BCUT2D eigenvalue weighted by Crippen LogP contribution is -2.17. The van der Waals surface area contributed by atoms with Crippen LogP contribution in [0, 0.1) is 10.1 Å².